The van der Waals surface area contributed by atoms with Gasteiger partial charge in [-0.25, -0.2) is 0 Å². The van der Waals surface area contributed by atoms with Gasteiger partial charge in [0.05, 0.1) is 26.3 Å². The molecule has 63 heavy (non-hydrogen) atoms. The summed E-state index contributed by atoms with van der Waals surface area (Å²) in [6.45, 7) is 12.3. The number of hydrogen-bond donors (Lipinski definition) is 3. The Morgan fingerprint density at radius 3 is 1.70 bits per heavy atom. The maximum Gasteiger partial charge on any atom is 0.252 e. The second kappa shape index (κ2) is 18.5. The summed E-state index contributed by atoms with van der Waals surface area (Å²) >= 11 is 0. The Labute approximate surface area is 369 Å². The van der Waals surface area contributed by atoms with Gasteiger partial charge in [0.25, 0.3) is 11.8 Å². The summed E-state index contributed by atoms with van der Waals surface area (Å²) in [5.41, 5.74) is 16.9. The van der Waals surface area contributed by atoms with Crippen molar-refractivity contribution in [2.75, 3.05) is 24.0 Å². The Kier molecular flexibility index (Phi) is 12.9. The summed E-state index contributed by atoms with van der Waals surface area (Å²) in [7, 11) is 3.24. The highest BCUT2D eigenvalue weighted by atomic mass is 16.5. The number of methoxy groups -OCH3 is 2. The van der Waals surface area contributed by atoms with Crippen LogP contribution >= 0.6 is 0 Å². The quantitative estimate of drug-likeness (QED) is 0.110. The third kappa shape index (κ3) is 8.83. The molecule has 2 fully saturated rings. The number of ether oxygens (including phenoxy) is 3. The fourth-order valence-electron chi connectivity index (χ4n) is 8.05. The van der Waals surface area contributed by atoms with E-state index in [4.69, 9.17) is 19.9 Å². The van der Waals surface area contributed by atoms with Crippen LogP contribution in [0.2, 0.25) is 0 Å². The number of carbonyl (C=O) groups is 3. The summed E-state index contributed by atoms with van der Waals surface area (Å²) in [6.07, 6.45) is 0. The molecule has 6 aromatic rings. The van der Waals surface area contributed by atoms with Crippen molar-refractivity contribution in [2.45, 2.75) is 72.3 Å². The molecule has 2 heterocycles. The zero-order valence-electron chi connectivity index (χ0n) is 36.9. The van der Waals surface area contributed by atoms with E-state index in [0.717, 1.165) is 67.3 Å². The van der Waals surface area contributed by atoms with Crippen LogP contribution in [0, 0.1) is 41.5 Å². The number of phenols is 1. The predicted molar refractivity (Wildman–Crippen MR) is 246 cm³/mol. The summed E-state index contributed by atoms with van der Waals surface area (Å²) in [5.74, 6) is 1.76. The number of hydrogen-bond acceptors (Lipinski definition) is 8. The number of anilines is 2. The van der Waals surface area contributed by atoms with Crippen molar-refractivity contribution < 1.29 is 33.7 Å². The number of β-lactam (4-membered cyclic amide) rings is 2. The molecule has 324 valence electrons. The highest BCUT2D eigenvalue weighted by Gasteiger charge is 2.50. The predicted octanol–water partition coefficient (Wildman–Crippen LogP) is 8.83. The monoisotopic (exact) mass is 846 g/mol. The number of phenolic OH excluding ortho intramolecular Hbond substituents is 1. The molecule has 4 atom stereocenters. The van der Waals surface area contributed by atoms with E-state index in [1.165, 1.54) is 0 Å². The van der Waals surface area contributed by atoms with Crippen LogP contribution in [0.5, 0.6) is 23.0 Å². The van der Waals surface area contributed by atoms with Crippen LogP contribution in [-0.4, -0.2) is 49.1 Å². The summed E-state index contributed by atoms with van der Waals surface area (Å²) < 4.78 is 17.1. The molecule has 0 saturated carbocycles. The smallest absolute Gasteiger partial charge is 0.252 e. The van der Waals surface area contributed by atoms with E-state index < -0.39 is 18.1 Å². The van der Waals surface area contributed by atoms with E-state index in [-0.39, 0.29) is 29.5 Å². The van der Waals surface area contributed by atoms with Gasteiger partial charge in [0, 0.05) is 29.1 Å². The number of carbonyl (C=O) groups excluding carboxylic acids is 3. The Bertz CT molecular complexity index is 2670. The molecule has 11 heteroatoms. The minimum Gasteiger partial charge on any atom is -0.508 e. The molecule has 2 aliphatic rings. The van der Waals surface area contributed by atoms with Crippen LogP contribution in [0.3, 0.4) is 0 Å². The first-order chi connectivity index (χ1) is 30.2. The normalized spacial score (nSPS) is 17.8. The molecule has 6 aromatic carbocycles. The minimum absolute atomic E-state index is 0.0948. The summed E-state index contributed by atoms with van der Waals surface area (Å²) in [4.78, 5) is 42.2. The van der Waals surface area contributed by atoms with Crippen LogP contribution in [0.4, 0.5) is 11.4 Å². The third-order valence-corrected chi connectivity index (χ3v) is 12.1. The largest absolute Gasteiger partial charge is 0.508 e. The lowest BCUT2D eigenvalue weighted by atomic mass is 9.86. The number of rotatable bonds is 11. The Hall–Kier alpha value is -7.11. The van der Waals surface area contributed by atoms with Gasteiger partial charge in [0.2, 0.25) is 5.91 Å². The summed E-state index contributed by atoms with van der Waals surface area (Å²) in [6, 6.07) is 35.9. The zero-order chi connectivity index (χ0) is 45.1. The van der Waals surface area contributed by atoms with Crippen molar-refractivity contribution >= 4 is 29.1 Å². The lowest BCUT2D eigenvalue weighted by molar-refractivity contribution is -0.127. The molecule has 0 aromatic heterocycles. The van der Waals surface area contributed by atoms with Crippen molar-refractivity contribution in [1.29, 1.82) is 0 Å². The first-order valence-corrected chi connectivity index (χ1v) is 20.9. The average Bonchev–Trinajstić information content (AvgIpc) is 3.29. The molecule has 2 saturated heterocycles. The van der Waals surface area contributed by atoms with Gasteiger partial charge in [-0.05, 0) is 128 Å². The van der Waals surface area contributed by atoms with E-state index in [1.54, 1.807) is 54.4 Å². The van der Waals surface area contributed by atoms with Crippen molar-refractivity contribution in [2.24, 2.45) is 5.73 Å². The molecule has 3 amide bonds. The number of benzene rings is 6. The Morgan fingerprint density at radius 1 is 0.619 bits per heavy atom. The molecule has 2 aliphatic heterocycles. The van der Waals surface area contributed by atoms with Crippen LogP contribution < -0.4 is 35.1 Å². The number of aromatic hydroxyl groups is 1. The lowest BCUT2D eigenvalue weighted by Crippen LogP contribution is -2.66. The first kappa shape index (κ1) is 44.0. The SMILES string of the molecule is COc1cc(N2C(=O)[C@@H](N)[C@@H]2c2ccc(C)c(OCc3ccccc3)c2)cc(C)c1C.COc1cc(N2C(=O)[C@@H](NC(=O)c3ccccc3)[C@@H]2c2ccc(C)c(O)c2)cc(C)c1C. The highest BCUT2D eigenvalue weighted by Crippen LogP contribution is 2.44. The Morgan fingerprint density at radius 2 is 1.14 bits per heavy atom. The van der Waals surface area contributed by atoms with Crippen molar-refractivity contribution in [3.8, 4) is 23.0 Å². The van der Waals surface area contributed by atoms with Gasteiger partial charge in [0.1, 0.15) is 41.7 Å². The van der Waals surface area contributed by atoms with Gasteiger partial charge >= 0.3 is 0 Å². The maximum atomic E-state index is 13.3. The zero-order valence-corrected chi connectivity index (χ0v) is 36.9. The number of nitrogens with one attached hydrogen (secondary N) is 1. The fraction of sp³-hybridized carbons (Fsp3) is 0.250. The van der Waals surface area contributed by atoms with Gasteiger partial charge in [-0.1, -0.05) is 72.8 Å². The molecular formula is C52H54N4O7. The molecule has 0 unspecified atom stereocenters. The van der Waals surface area contributed by atoms with Crippen LogP contribution in [0.1, 0.15) is 72.5 Å². The molecule has 0 radical (unpaired) electrons. The second-order valence-corrected chi connectivity index (χ2v) is 16.2. The first-order valence-electron chi connectivity index (χ1n) is 20.9. The van der Waals surface area contributed by atoms with Crippen LogP contribution in [0.25, 0.3) is 0 Å². The topological polar surface area (TPSA) is 144 Å². The van der Waals surface area contributed by atoms with E-state index >= 15 is 0 Å². The van der Waals surface area contributed by atoms with Crippen molar-refractivity contribution in [3.05, 3.63) is 177 Å². The van der Waals surface area contributed by atoms with E-state index in [0.29, 0.717) is 23.6 Å². The van der Waals surface area contributed by atoms with Gasteiger partial charge in [-0.15, -0.1) is 0 Å². The maximum absolute atomic E-state index is 13.3. The van der Waals surface area contributed by atoms with Crippen molar-refractivity contribution in [1.82, 2.24) is 5.32 Å². The molecule has 8 rings (SSSR count). The highest BCUT2D eigenvalue weighted by molar-refractivity contribution is 6.09. The molecule has 0 bridgehead atoms. The number of nitrogens with two attached hydrogens (primary N) is 1. The second-order valence-electron chi connectivity index (χ2n) is 16.2. The van der Waals surface area contributed by atoms with Crippen molar-refractivity contribution in [3.63, 3.8) is 0 Å². The van der Waals surface area contributed by atoms with E-state index in [2.05, 4.69) is 5.32 Å². The number of amides is 3. The fourth-order valence-corrected chi connectivity index (χ4v) is 8.05. The summed E-state index contributed by atoms with van der Waals surface area (Å²) in [5, 5.41) is 13.2. The van der Waals surface area contributed by atoms with Gasteiger partial charge in [0.15, 0.2) is 0 Å². The minimum atomic E-state index is -0.752. The molecule has 0 spiro atoms. The lowest BCUT2D eigenvalue weighted by Gasteiger charge is -2.47. The van der Waals surface area contributed by atoms with E-state index in [1.807, 2.05) is 133 Å². The van der Waals surface area contributed by atoms with E-state index in [9.17, 15) is 19.5 Å². The van der Waals surface area contributed by atoms with Gasteiger partial charge in [-0.2, -0.15) is 0 Å². The molecule has 11 nitrogen and oxygen atoms in total. The molecule has 4 N–H and O–H groups in total. The van der Waals surface area contributed by atoms with Gasteiger partial charge < -0.3 is 40.2 Å². The standard InChI is InChI=1S/C26H26N2O4.C26H28N2O3/c1-15-10-11-19(13-21(15)29)24-23(27-25(30)18-8-6-5-7-9-18)26(31)28(24)20-12-16(2)17(3)22(14-20)32-4;1-16-10-11-20(13-22(16)31-15-19-8-6-5-7-9-19)25-24(27)26(29)28(25)21-12-17(2)18(3)23(14-21)30-4/h5-14,23-24,29H,1-4H3,(H,27,30);5-14,24-25H,15,27H2,1-4H3/t23-,24-;24-,25-/m00/s1. The molecule has 0 aliphatic carbocycles. The number of aryl methyl sites for hydroxylation is 4. The third-order valence-electron chi connectivity index (χ3n) is 12.1. The van der Waals surface area contributed by atoms with Crippen LogP contribution in [-0.2, 0) is 16.2 Å². The van der Waals surface area contributed by atoms with Gasteiger partial charge in [-0.3, -0.25) is 14.4 Å². The molecular weight excluding hydrogens is 793 g/mol. The number of nitrogens with zero attached hydrogens (tertiary/aromatic N) is 2. The van der Waals surface area contributed by atoms with Crippen LogP contribution in [0.15, 0.2) is 121 Å². The average molecular weight is 847 g/mol. The Balaban J connectivity index is 0.000000189.